The van der Waals surface area contributed by atoms with E-state index in [1.165, 1.54) is 0 Å². The third-order valence-electron chi connectivity index (χ3n) is 2.72. The Kier molecular flexibility index (Phi) is 4.39. The first-order chi connectivity index (χ1) is 9.97. The SMILES string of the molecule is Nc1ccc(NCCNc2nc(N)c(N)c(N)n2)c(Cl)c1. The normalized spacial score (nSPS) is 10.3. The van der Waals surface area contributed by atoms with Gasteiger partial charge >= 0.3 is 0 Å². The summed E-state index contributed by atoms with van der Waals surface area (Å²) in [5.74, 6) is 0.628. The number of nitrogens with two attached hydrogens (primary N) is 4. The van der Waals surface area contributed by atoms with E-state index in [1.54, 1.807) is 12.1 Å². The number of rotatable bonds is 5. The zero-order valence-corrected chi connectivity index (χ0v) is 12.0. The van der Waals surface area contributed by atoms with E-state index in [1.807, 2.05) is 6.07 Å². The van der Waals surface area contributed by atoms with Gasteiger partial charge in [-0.05, 0) is 18.2 Å². The van der Waals surface area contributed by atoms with Crippen molar-refractivity contribution in [3.05, 3.63) is 23.2 Å². The van der Waals surface area contributed by atoms with E-state index in [0.29, 0.717) is 29.7 Å². The van der Waals surface area contributed by atoms with Crippen molar-refractivity contribution in [1.82, 2.24) is 9.97 Å². The fourth-order valence-electron chi connectivity index (χ4n) is 1.63. The highest BCUT2D eigenvalue weighted by Gasteiger charge is 2.06. The average molecular weight is 309 g/mol. The highest BCUT2D eigenvalue weighted by atomic mass is 35.5. The van der Waals surface area contributed by atoms with Gasteiger partial charge in [0, 0.05) is 18.8 Å². The molecule has 21 heavy (non-hydrogen) atoms. The lowest BCUT2D eigenvalue weighted by atomic mass is 10.3. The predicted molar refractivity (Wildman–Crippen MR) is 88.1 cm³/mol. The first-order valence-corrected chi connectivity index (χ1v) is 6.56. The van der Waals surface area contributed by atoms with Crippen molar-refractivity contribution >= 4 is 46.2 Å². The zero-order chi connectivity index (χ0) is 15.4. The monoisotopic (exact) mass is 308 g/mol. The Labute approximate surface area is 126 Å². The van der Waals surface area contributed by atoms with Gasteiger partial charge in [-0.15, -0.1) is 0 Å². The summed E-state index contributed by atoms with van der Waals surface area (Å²) >= 11 is 6.05. The number of hydrogen-bond donors (Lipinski definition) is 6. The van der Waals surface area contributed by atoms with E-state index >= 15 is 0 Å². The molecule has 0 saturated heterocycles. The topological polar surface area (TPSA) is 154 Å². The molecule has 0 atom stereocenters. The van der Waals surface area contributed by atoms with Gasteiger partial charge in [-0.25, -0.2) is 0 Å². The third kappa shape index (κ3) is 3.69. The molecule has 112 valence electrons. The van der Waals surface area contributed by atoms with Crippen molar-refractivity contribution in [3.8, 4) is 0 Å². The van der Waals surface area contributed by atoms with Crippen molar-refractivity contribution < 1.29 is 0 Å². The van der Waals surface area contributed by atoms with Crippen LogP contribution in [0.4, 0.5) is 34.6 Å². The summed E-state index contributed by atoms with van der Waals surface area (Å²) in [4.78, 5) is 7.97. The summed E-state index contributed by atoms with van der Waals surface area (Å²) in [7, 11) is 0. The molecule has 0 saturated carbocycles. The maximum Gasteiger partial charge on any atom is 0.226 e. The molecule has 1 aromatic heterocycles. The van der Waals surface area contributed by atoms with Gasteiger partial charge in [0.1, 0.15) is 5.69 Å². The summed E-state index contributed by atoms with van der Waals surface area (Å²) in [6.45, 7) is 1.14. The largest absolute Gasteiger partial charge is 0.399 e. The molecule has 0 aliphatic heterocycles. The van der Waals surface area contributed by atoms with Crippen molar-refractivity contribution in [1.29, 1.82) is 0 Å². The minimum absolute atomic E-state index is 0.152. The molecule has 0 spiro atoms. The molecular weight excluding hydrogens is 292 g/mol. The number of halogens is 1. The van der Waals surface area contributed by atoms with Crippen LogP contribution < -0.4 is 33.6 Å². The van der Waals surface area contributed by atoms with Crippen LogP contribution in [0.15, 0.2) is 18.2 Å². The van der Waals surface area contributed by atoms with Crippen LogP contribution >= 0.6 is 11.6 Å². The number of anilines is 6. The fraction of sp³-hybridized carbons (Fsp3) is 0.167. The molecule has 0 radical (unpaired) electrons. The minimum Gasteiger partial charge on any atom is -0.399 e. The molecule has 1 aromatic carbocycles. The smallest absolute Gasteiger partial charge is 0.226 e. The molecule has 1 heterocycles. The van der Waals surface area contributed by atoms with Crippen LogP contribution in [0.3, 0.4) is 0 Å². The van der Waals surface area contributed by atoms with E-state index in [0.717, 1.165) is 5.69 Å². The van der Waals surface area contributed by atoms with Crippen LogP contribution in [0.5, 0.6) is 0 Å². The average Bonchev–Trinajstić information content (AvgIpc) is 2.42. The van der Waals surface area contributed by atoms with Crippen LogP contribution in [0.25, 0.3) is 0 Å². The maximum atomic E-state index is 6.05. The second-order valence-corrected chi connectivity index (χ2v) is 4.73. The molecule has 8 nitrogen and oxygen atoms in total. The molecular formula is C12H17ClN8. The second-order valence-electron chi connectivity index (χ2n) is 4.32. The summed E-state index contributed by atoms with van der Waals surface area (Å²) in [6, 6.07) is 5.27. The van der Waals surface area contributed by atoms with Crippen LogP contribution in [0, 0.1) is 0 Å². The Morgan fingerprint density at radius 1 is 0.952 bits per heavy atom. The Bertz CT molecular complexity index is 622. The van der Waals surface area contributed by atoms with Crippen LogP contribution in [0.2, 0.25) is 5.02 Å². The van der Waals surface area contributed by atoms with Crippen molar-refractivity contribution in [2.75, 3.05) is 46.7 Å². The Morgan fingerprint density at radius 3 is 2.19 bits per heavy atom. The molecule has 0 unspecified atom stereocenters. The van der Waals surface area contributed by atoms with E-state index in [4.69, 9.17) is 34.5 Å². The lowest BCUT2D eigenvalue weighted by molar-refractivity contribution is 1.03. The van der Waals surface area contributed by atoms with E-state index in [2.05, 4.69) is 20.6 Å². The molecule has 9 heteroatoms. The van der Waals surface area contributed by atoms with Crippen LogP contribution in [-0.4, -0.2) is 23.1 Å². The van der Waals surface area contributed by atoms with E-state index in [-0.39, 0.29) is 17.3 Å². The molecule has 0 amide bonds. The standard InChI is InChI=1S/C12H17ClN8/c13-7-5-6(14)1-2-8(7)18-3-4-19-12-20-10(16)9(15)11(17)21-12/h1-2,5,18H,3-4,14-15H2,(H5,16,17,19,20,21). The van der Waals surface area contributed by atoms with Crippen molar-refractivity contribution in [2.24, 2.45) is 0 Å². The number of hydrogen-bond acceptors (Lipinski definition) is 8. The summed E-state index contributed by atoms with van der Waals surface area (Å²) in [5, 5.41) is 6.71. The highest BCUT2D eigenvalue weighted by Crippen LogP contribution is 2.23. The van der Waals surface area contributed by atoms with Gasteiger partial charge in [0.2, 0.25) is 5.95 Å². The van der Waals surface area contributed by atoms with Gasteiger partial charge < -0.3 is 33.6 Å². The number of nitrogen functional groups attached to an aromatic ring is 4. The lowest BCUT2D eigenvalue weighted by Gasteiger charge is -2.11. The van der Waals surface area contributed by atoms with Gasteiger partial charge in [-0.3, -0.25) is 0 Å². The van der Waals surface area contributed by atoms with Gasteiger partial charge in [-0.1, -0.05) is 11.6 Å². The minimum atomic E-state index is 0.152. The Morgan fingerprint density at radius 2 is 1.57 bits per heavy atom. The molecule has 0 fully saturated rings. The number of nitrogens with zero attached hydrogens (tertiary/aromatic N) is 2. The van der Waals surface area contributed by atoms with Gasteiger partial charge in [-0.2, -0.15) is 9.97 Å². The molecule has 10 N–H and O–H groups in total. The van der Waals surface area contributed by atoms with Crippen LogP contribution in [0.1, 0.15) is 0 Å². The quantitative estimate of drug-likeness (QED) is 0.353. The first-order valence-electron chi connectivity index (χ1n) is 6.18. The fourth-order valence-corrected chi connectivity index (χ4v) is 1.89. The Balaban J connectivity index is 1.87. The molecule has 0 aliphatic carbocycles. The van der Waals surface area contributed by atoms with Crippen molar-refractivity contribution in [2.45, 2.75) is 0 Å². The summed E-state index contributed by atoms with van der Waals surface area (Å²) in [6.07, 6.45) is 0. The maximum absolute atomic E-state index is 6.05. The van der Waals surface area contributed by atoms with Gasteiger partial charge in [0.15, 0.2) is 11.6 Å². The van der Waals surface area contributed by atoms with Crippen molar-refractivity contribution in [3.63, 3.8) is 0 Å². The molecule has 0 bridgehead atoms. The van der Waals surface area contributed by atoms with E-state index < -0.39 is 0 Å². The lowest BCUT2D eigenvalue weighted by Crippen LogP contribution is -2.17. The first kappa shape index (κ1) is 14.8. The predicted octanol–water partition coefficient (Wildman–Crippen LogP) is 0.983. The Hall–Kier alpha value is -2.61. The second kappa shape index (κ2) is 6.23. The number of nitrogens with one attached hydrogen (secondary N) is 2. The zero-order valence-electron chi connectivity index (χ0n) is 11.2. The van der Waals surface area contributed by atoms with Gasteiger partial charge in [0.25, 0.3) is 0 Å². The third-order valence-corrected chi connectivity index (χ3v) is 3.03. The molecule has 0 aliphatic rings. The summed E-state index contributed by atoms with van der Waals surface area (Å²) in [5.41, 5.74) is 24.0. The summed E-state index contributed by atoms with van der Waals surface area (Å²) < 4.78 is 0. The molecule has 2 rings (SSSR count). The number of aromatic nitrogens is 2. The van der Waals surface area contributed by atoms with Crippen LogP contribution in [-0.2, 0) is 0 Å². The number of benzene rings is 1. The molecule has 2 aromatic rings. The highest BCUT2D eigenvalue weighted by molar-refractivity contribution is 6.33. The van der Waals surface area contributed by atoms with E-state index in [9.17, 15) is 0 Å². The van der Waals surface area contributed by atoms with Gasteiger partial charge in [0.05, 0.1) is 10.7 Å².